The predicted octanol–water partition coefficient (Wildman–Crippen LogP) is 2.51. The topological polar surface area (TPSA) is 77.8 Å². The zero-order chi connectivity index (χ0) is 15.6. The van der Waals surface area contributed by atoms with E-state index in [1.165, 1.54) is 43.4 Å². The summed E-state index contributed by atoms with van der Waals surface area (Å²) in [5.41, 5.74) is 0.0308. The van der Waals surface area contributed by atoms with Crippen molar-refractivity contribution in [3.05, 3.63) is 59.4 Å². The lowest BCUT2D eigenvalue weighted by Crippen LogP contribution is -2.27. The number of carboxylic acid groups (broad SMARTS) is 1. The number of amides is 1. The van der Waals surface area contributed by atoms with Crippen LogP contribution < -0.4 is 4.90 Å². The average molecular weight is 289 g/mol. The molecule has 2 aromatic carbocycles. The van der Waals surface area contributed by atoms with Gasteiger partial charge in [0.1, 0.15) is 17.1 Å². The maximum Gasteiger partial charge on any atom is 0.335 e. The normalized spacial score (nSPS) is 10.2. The molecular formula is C15H12FNO4. The van der Waals surface area contributed by atoms with E-state index in [2.05, 4.69) is 0 Å². The summed E-state index contributed by atoms with van der Waals surface area (Å²) in [5, 5.41) is 18.4. The molecular weight excluding hydrogens is 277 g/mol. The summed E-state index contributed by atoms with van der Waals surface area (Å²) < 4.78 is 13.7. The number of nitrogens with zero attached hydrogens (tertiary/aromatic N) is 1. The van der Waals surface area contributed by atoms with E-state index in [0.717, 1.165) is 11.0 Å². The van der Waals surface area contributed by atoms with Crippen LogP contribution in [0.25, 0.3) is 0 Å². The highest BCUT2D eigenvalue weighted by Crippen LogP contribution is 2.24. The molecule has 0 atom stereocenters. The number of benzene rings is 2. The molecule has 0 heterocycles. The summed E-state index contributed by atoms with van der Waals surface area (Å²) in [4.78, 5) is 24.1. The van der Waals surface area contributed by atoms with Gasteiger partial charge in [-0.05, 0) is 36.4 Å². The molecule has 0 radical (unpaired) electrons. The first-order valence-corrected chi connectivity index (χ1v) is 6.00. The Bertz CT molecular complexity index is 677. The van der Waals surface area contributed by atoms with Gasteiger partial charge in [0, 0.05) is 12.7 Å². The third kappa shape index (κ3) is 2.84. The highest BCUT2D eigenvalue weighted by atomic mass is 19.1. The Hall–Kier alpha value is -2.89. The van der Waals surface area contributed by atoms with E-state index in [1.807, 2.05) is 0 Å². The van der Waals surface area contributed by atoms with Crippen LogP contribution >= 0.6 is 0 Å². The van der Waals surface area contributed by atoms with Crippen LogP contribution in [-0.4, -0.2) is 29.1 Å². The molecule has 0 unspecified atom stereocenters. The summed E-state index contributed by atoms with van der Waals surface area (Å²) in [5.74, 6) is -3.08. The van der Waals surface area contributed by atoms with Gasteiger partial charge in [-0.25, -0.2) is 9.18 Å². The van der Waals surface area contributed by atoms with Crippen LogP contribution in [-0.2, 0) is 0 Å². The number of aromatic carboxylic acids is 1. The standard InChI is InChI=1S/C15H12FNO4/c1-17(10-7-5-9(6-8-10)15(20)21)14(19)13-11(16)3-2-4-12(13)18/h2-8,18H,1H3,(H,20,21). The number of rotatable bonds is 3. The number of carbonyl (C=O) groups is 2. The number of carbonyl (C=O) groups excluding carboxylic acids is 1. The number of hydrogen-bond donors (Lipinski definition) is 2. The molecule has 2 aromatic rings. The summed E-state index contributed by atoms with van der Waals surface area (Å²) >= 11 is 0. The zero-order valence-corrected chi connectivity index (χ0v) is 11.1. The van der Waals surface area contributed by atoms with E-state index in [1.54, 1.807) is 0 Å². The Morgan fingerprint density at radius 2 is 1.71 bits per heavy atom. The molecule has 1 amide bonds. The quantitative estimate of drug-likeness (QED) is 0.910. The molecule has 0 bridgehead atoms. The Labute approximate surface area is 119 Å². The van der Waals surface area contributed by atoms with Crippen LogP contribution in [0.2, 0.25) is 0 Å². The molecule has 108 valence electrons. The molecule has 2 rings (SSSR count). The lowest BCUT2D eigenvalue weighted by Gasteiger charge is -2.18. The smallest absolute Gasteiger partial charge is 0.335 e. The molecule has 5 nitrogen and oxygen atoms in total. The van der Waals surface area contributed by atoms with E-state index in [4.69, 9.17) is 5.11 Å². The van der Waals surface area contributed by atoms with E-state index in [0.29, 0.717) is 5.69 Å². The highest BCUT2D eigenvalue weighted by Gasteiger charge is 2.21. The van der Waals surface area contributed by atoms with Gasteiger partial charge in [0.25, 0.3) is 5.91 Å². The van der Waals surface area contributed by atoms with Gasteiger partial charge >= 0.3 is 5.97 Å². The third-order valence-corrected chi connectivity index (χ3v) is 3.01. The molecule has 0 aliphatic carbocycles. The van der Waals surface area contributed by atoms with Crippen LogP contribution in [0, 0.1) is 5.82 Å². The van der Waals surface area contributed by atoms with E-state index in [9.17, 15) is 19.1 Å². The summed E-state index contributed by atoms with van der Waals surface area (Å²) in [6.07, 6.45) is 0. The van der Waals surface area contributed by atoms with E-state index < -0.39 is 29.0 Å². The molecule has 0 fully saturated rings. The maximum atomic E-state index is 13.7. The second-order valence-electron chi connectivity index (χ2n) is 4.35. The number of anilines is 1. The Kier molecular flexibility index (Phi) is 3.89. The molecule has 0 saturated carbocycles. The monoisotopic (exact) mass is 289 g/mol. The highest BCUT2D eigenvalue weighted by molar-refractivity contribution is 6.07. The van der Waals surface area contributed by atoms with E-state index in [-0.39, 0.29) is 5.56 Å². The minimum absolute atomic E-state index is 0.0772. The number of halogens is 1. The summed E-state index contributed by atoms with van der Waals surface area (Å²) in [6, 6.07) is 9.12. The van der Waals surface area contributed by atoms with Gasteiger partial charge in [0.15, 0.2) is 0 Å². The molecule has 0 spiro atoms. The van der Waals surface area contributed by atoms with Gasteiger partial charge < -0.3 is 15.1 Å². The minimum atomic E-state index is -1.08. The molecule has 0 aliphatic heterocycles. The fraction of sp³-hybridized carbons (Fsp3) is 0.0667. The van der Waals surface area contributed by atoms with Gasteiger partial charge in [-0.3, -0.25) is 4.79 Å². The van der Waals surface area contributed by atoms with Crippen molar-refractivity contribution in [2.45, 2.75) is 0 Å². The van der Waals surface area contributed by atoms with Crippen molar-refractivity contribution in [3.8, 4) is 5.75 Å². The van der Waals surface area contributed by atoms with Crippen molar-refractivity contribution in [1.82, 2.24) is 0 Å². The van der Waals surface area contributed by atoms with Crippen LogP contribution in [0.1, 0.15) is 20.7 Å². The van der Waals surface area contributed by atoms with Crippen molar-refractivity contribution >= 4 is 17.6 Å². The van der Waals surface area contributed by atoms with Crippen LogP contribution in [0.4, 0.5) is 10.1 Å². The third-order valence-electron chi connectivity index (χ3n) is 3.01. The maximum absolute atomic E-state index is 13.7. The summed E-state index contributed by atoms with van der Waals surface area (Å²) in [7, 11) is 1.41. The van der Waals surface area contributed by atoms with Crippen molar-refractivity contribution in [2.24, 2.45) is 0 Å². The fourth-order valence-corrected chi connectivity index (χ4v) is 1.84. The number of carboxylic acids is 1. The molecule has 0 aromatic heterocycles. The average Bonchev–Trinajstić information content (AvgIpc) is 2.46. The first-order chi connectivity index (χ1) is 9.91. The number of phenolic OH excluding ortho intramolecular Hbond substituents is 1. The Balaban J connectivity index is 2.33. The molecule has 21 heavy (non-hydrogen) atoms. The lowest BCUT2D eigenvalue weighted by molar-refractivity contribution is 0.0696. The second-order valence-corrected chi connectivity index (χ2v) is 4.35. The number of phenols is 1. The first kappa shape index (κ1) is 14.5. The number of aromatic hydroxyl groups is 1. The fourth-order valence-electron chi connectivity index (χ4n) is 1.84. The molecule has 0 saturated heterocycles. The summed E-state index contributed by atoms with van der Waals surface area (Å²) in [6.45, 7) is 0. The Morgan fingerprint density at radius 1 is 1.10 bits per heavy atom. The molecule has 2 N–H and O–H groups in total. The zero-order valence-electron chi connectivity index (χ0n) is 11.1. The molecule has 6 heteroatoms. The first-order valence-electron chi connectivity index (χ1n) is 6.00. The predicted molar refractivity (Wildman–Crippen MR) is 74.2 cm³/mol. The van der Waals surface area contributed by atoms with Gasteiger partial charge in [-0.15, -0.1) is 0 Å². The van der Waals surface area contributed by atoms with Gasteiger partial charge in [-0.2, -0.15) is 0 Å². The second kappa shape index (κ2) is 5.62. The Morgan fingerprint density at radius 3 is 2.24 bits per heavy atom. The van der Waals surface area contributed by atoms with Crippen molar-refractivity contribution in [2.75, 3.05) is 11.9 Å². The van der Waals surface area contributed by atoms with Crippen molar-refractivity contribution < 1.29 is 24.2 Å². The van der Waals surface area contributed by atoms with Crippen molar-refractivity contribution in [3.63, 3.8) is 0 Å². The molecule has 0 aliphatic rings. The van der Waals surface area contributed by atoms with Crippen molar-refractivity contribution in [1.29, 1.82) is 0 Å². The minimum Gasteiger partial charge on any atom is -0.507 e. The van der Waals surface area contributed by atoms with Crippen LogP contribution in [0.3, 0.4) is 0 Å². The van der Waals surface area contributed by atoms with Crippen LogP contribution in [0.15, 0.2) is 42.5 Å². The lowest BCUT2D eigenvalue weighted by atomic mass is 10.1. The van der Waals surface area contributed by atoms with Crippen LogP contribution in [0.5, 0.6) is 5.75 Å². The van der Waals surface area contributed by atoms with Gasteiger partial charge in [-0.1, -0.05) is 6.07 Å². The van der Waals surface area contributed by atoms with E-state index >= 15 is 0 Å². The van der Waals surface area contributed by atoms with Gasteiger partial charge in [0.2, 0.25) is 0 Å². The largest absolute Gasteiger partial charge is 0.507 e. The SMILES string of the molecule is CN(C(=O)c1c(O)cccc1F)c1ccc(C(=O)O)cc1. The number of hydrogen-bond acceptors (Lipinski definition) is 3. The van der Waals surface area contributed by atoms with Gasteiger partial charge in [0.05, 0.1) is 5.56 Å².